The van der Waals surface area contributed by atoms with E-state index < -0.39 is 83.7 Å². The molecule has 0 unspecified atom stereocenters. The summed E-state index contributed by atoms with van der Waals surface area (Å²) in [7, 11) is 0. The number of nitrogens with two attached hydrogens (primary N) is 2. The van der Waals surface area contributed by atoms with Gasteiger partial charge in [0.2, 0.25) is 23.6 Å². The van der Waals surface area contributed by atoms with Gasteiger partial charge in [0.05, 0.1) is 13.0 Å². The van der Waals surface area contributed by atoms with Crippen molar-refractivity contribution in [2.24, 2.45) is 22.4 Å². The number of amides is 4. The number of guanidine groups is 1. The molecule has 0 bridgehead atoms. The van der Waals surface area contributed by atoms with Crippen LogP contribution in [0.25, 0.3) is 0 Å². The van der Waals surface area contributed by atoms with Crippen LogP contribution in [0.5, 0.6) is 0 Å². The Morgan fingerprint density at radius 3 is 2.04 bits per heavy atom. The van der Waals surface area contributed by atoms with Crippen LogP contribution in [0.3, 0.4) is 0 Å². The zero-order chi connectivity index (χ0) is 36.2. The van der Waals surface area contributed by atoms with Crippen LogP contribution in [0.2, 0.25) is 0 Å². The van der Waals surface area contributed by atoms with Crippen molar-refractivity contribution in [1.29, 1.82) is 0 Å². The lowest BCUT2D eigenvalue weighted by Crippen LogP contribution is -2.61. The van der Waals surface area contributed by atoms with E-state index in [0.717, 1.165) is 5.06 Å². The molecule has 48 heavy (non-hydrogen) atoms. The van der Waals surface area contributed by atoms with E-state index in [2.05, 4.69) is 26.3 Å². The van der Waals surface area contributed by atoms with Gasteiger partial charge in [0.25, 0.3) is 0 Å². The molecule has 0 aliphatic carbocycles. The first-order valence-electron chi connectivity index (χ1n) is 15.5. The summed E-state index contributed by atoms with van der Waals surface area (Å²) in [6.07, 6.45) is -0.0813. The van der Waals surface area contributed by atoms with Gasteiger partial charge < -0.3 is 42.9 Å². The monoisotopic (exact) mass is 675 g/mol. The van der Waals surface area contributed by atoms with E-state index in [-0.39, 0.29) is 44.6 Å². The molecule has 4 amide bonds. The lowest BCUT2D eigenvalue weighted by atomic mass is 9.75. The molecule has 1 fully saturated rings. The van der Waals surface area contributed by atoms with Gasteiger partial charge in [0.1, 0.15) is 18.1 Å². The van der Waals surface area contributed by atoms with Gasteiger partial charge in [-0.1, -0.05) is 30.3 Å². The number of hydrogen-bond acceptors (Lipinski definition) is 8. The van der Waals surface area contributed by atoms with Crippen LogP contribution in [0.4, 0.5) is 0 Å². The molecule has 1 aliphatic rings. The second kappa shape index (κ2) is 17.4. The van der Waals surface area contributed by atoms with Crippen LogP contribution in [0.1, 0.15) is 65.4 Å². The number of carboxylic acids is 2. The van der Waals surface area contributed by atoms with E-state index in [1.807, 2.05) is 0 Å². The van der Waals surface area contributed by atoms with Gasteiger partial charge in [-0.3, -0.25) is 29.0 Å². The van der Waals surface area contributed by atoms with Crippen molar-refractivity contribution in [1.82, 2.24) is 26.3 Å². The van der Waals surface area contributed by atoms with Crippen LogP contribution in [0, 0.1) is 5.92 Å². The molecule has 17 heteroatoms. The molecular weight excluding hydrogens is 628 g/mol. The number of aliphatic imine (C=N–C) groups is 1. The van der Waals surface area contributed by atoms with E-state index >= 15 is 0 Å². The van der Waals surface area contributed by atoms with E-state index in [4.69, 9.17) is 11.5 Å². The summed E-state index contributed by atoms with van der Waals surface area (Å²) >= 11 is 0. The Kier molecular flexibility index (Phi) is 14.3. The van der Waals surface area contributed by atoms with Crippen LogP contribution in [-0.2, 0) is 40.4 Å². The summed E-state index contributed by atoms with van der Waals surface area (Å²) in [6, 6.07) is 4.25. The number of aliphatic carboxylic acids is 2. The van der Waals surface area contributed by atoms with E-state index in [1.54, 1.807) is 58.0 Å². The van der Waals surface area contributed by atoms with Gasteiger partial charge in [-0.15, -0.1) is 10.3 Å². The van der Waals surface area contributed by atoms with Crippen molar-refractivity contribution < 1.29 is 44.2 Å². The molecule has 1 radical (unpaired) electrons. The van der Waals surface area contributed by atoms with Gasteiger partial charge in [0, 0.05) is 30.0 Å². The molecule has 1 aliphatic heterocycles. The topological polar surface area (TPSA) is 279 Å². The third-order valence-corrected chi connectivity index (χ3v) is 7.89. The predicted molar refractivity (Wildman–Crippen MR) is 172 cm³/mol. The SMILES string of the molecule is CC1(C)CC(C(=O)N[C@@H](CCCN=C(N)N)C(=O)NCC(=O)N[C@@H](CC(=O)O)C(=O)N[C@@H](Cc2ccccc2)C(=O)O)CC(C)(C)N1[O]. The van der Waals surface area contributed by atoms with Gasteiger partial charge in [-0.05, 0) is 58.9 Å². The Morgan fingerprint density at radius 2 is 1.50 bits per heavy atom. The fraction of sp³-hybridized carbons (Fsp3) is 0.581. The van der Waals surface area contributed by atoms with Crippen LogP contribution >= 0.6 is 0 Å². The maximum absolute atomic E-state index is 13.3. The van der Waals surface area contributed by atoms with Crippen LogP contribution in [0.15, 0.2) is 35.3 Å². The molecule has 2 rings (SSSR count). The van der Waals surface area contributed by atoms with Gasteiger partial charge in [-0.2, -0.15) is 0 Å². The summed E-state index contributed by atoms with van der Waals surface area (Å²) < 4.78 is 0. The number of piperidine rings is 1. The quantitative estimate of drug-likeness (QED) is 0.0565. The number of hydrogen-bond donors (Lipinski definition) is 8. The average molecular weight is 676 g/mol. The molecule has 265 valence electrons. The second-order valence-electron chi connectivity index (χ2n) is 13.1. The number of carbonyl (C=O) groups excluding carboxylic acids is 4. The zero-order valence-corrected chi connectivity index (χ0v) is 27.7. The number of nitrogens with one attached hydrogen (secondary N) is 4. The highest BCUT2D eigenvalue weighted by Crippen LogP contribution is 2.40. The van der Waals surface area contributed by atoms with Crippen LogP contribution < -0.4 is 32.7 Å². The minimum Gasteiger partial charge on any atom is -0.481 e. The molecule has 0 aromatic heterocycles. The molecule has 1 heterocycles. The Labute approximate surface area is 278 Å². The van der Waals surface area contributed by atoms with E-state index in [1.165, 1.54) is 0 Å². The third kappa shape index (κ3) is 12.4. The van der Waals surface area contributed by atoms with Gasteiger partial charge >= 0.3 is 11.9 Å². The first-order valence-corrected chi connectivity index (χ1v) is 15.5. The maximum Gasteiger partial charge on any atom is 0.326 e. The predicted octanol–water partition coefficient (Wildman–Crippen LogP) is -0.973. The van der Waals surface area contributed by atoms with Crippen molar-refractivity contribution in [2.45, 2.75) is 95.4 Å². The lowest BCUT2D eigenvalue weighted by molar-refractivity contribution is -0.292. The summed E-state index contributed by atoms with van der Waals surface area (Å²) in [5.41, 5.74) is 9.67. The van der Waals surface area contributed by atoms with E-state index in [9.17, 15) is 44.2 Å². The molecule has 3 atom stereocenters. The minimum absolute atomic E-state index is 0.0885. The Hall–Kier alpha value is -4.77. The smallest absolute Gasteiger partial charge is 0.326 e. The third-order valence-electron chi connectivity index (χ3n) is 7.89. The molecule has 0 saturated carbocycles. The molecular formula is C31H47N8O9. The molecule has 1 aromatic rings. The maximum atomic E-state index is 13.3. The number of carbonyl (C=O) groups is 6. The molecule has 1 saturated heterocycles. The van der Waals surface area contributed by atoms with E-state index in [0.29, 0.717) is 5.56 Å². The average Bonchev–Trinajstić information content (AvgIpc) is 2.99. The van der Waals surface area contributed by atoms with Gasteiger partial charge in [0.15, 0.2) is 5.96 Å². The fourth-order valence-electron chi connectivity index (χ4n) is 5.75. The molecule has 17 nitrogen and oxygen atoms in total. The fourth-order valence-corrected chi connectivity index (χ4v) is 5.75. The Bertz CT molecular complexity index is 1330. The van der Waals surface area contributed by atoms with Crippen LogP contribution in [-0.4, -0.2) is 99.1 Å². The molecule has 1 aromatic carbocycles. The largest absolute Gasteiger partial charge is 0.481 e. The summed E-state index contributed by atoms with van der Waals surface area (Å²) in [5.74, 6) is -6.69. The zero-order valence-electron chi connectivity index (χ0n) is 27.7. The highest BCUT2D eigenvalue weighted by atomic mass is 16.5. The number of rotatable bonds is 17. The number of hydroxylamine groups is 2. The van der Waals surface area contributed by atoms with Gasteiger partial charge in [-0.25, -0.2) is 4.79 Å². The summed E-state index contributed by atoms with van der Waals surface area (Å²) in [4.78, 5) is 79.4. The second-order valence-corrected chi connectivity index (χ2v) is 13.1. The number of nitrogens with zero attached hydrogens (tertiary/aromatic N) is 2. The Balaban J connectivity index is 2.09. The molecule has 0 spiro atoms. The van der Waals surface area contributed by atoms with Crippen molar-refractivity contribution >= 4 is 41.5 Å². The summed E-state index contributed by atoms with van der Waals surface area (Å²) in [6.45, 7) is 6.42. The molecule has 10 N–H and O–H groups in total. The standard InChI is InChI=1S/C31H47N8O9/c1-30(2)15-19(16-31(3,4)39(30)48)25(43)37-20(11-8-12-34-29(32)33)26(44)35-17-23(40)36-21(14-24(41)42)27(45)38-22(28(46)47)13-18-9-6-5-7-10-18/h5-7,9-10,19-22H,8,11-17H2,1-4H3,(H,35,44)(H,36,40)(H,37,43)(H,38,45)(H,41,42)(H,46,47)(H4,32,33,34)/t20-,21-,22-/m0/s1. The number of benzene rings is 1. The first kappa shape index (κ1) is 39.4. The number of carboxylic acid groups (broad SMARTS) is 2. The minimum atomic E-state index is -1.65. The highest BCUT2D eigenvalue weighted by molar-refractivity contribution is 5.95. The normalized spacial score (nSPS) is 17.5. The van der Waals surface area contributed by atoms with Crippen molar-refractivity contribution in [3.05, 3.63) is 35.9 Å². The lowest BCUT2D eigenvalue weighted by Gasteiger charge is -2.49. The van der Waals surface area contributed by atoms with Crippen molar-refractivity contribution in [3.8, 4) is 0 Å². The highest BCUT2D eigenvalue weighted by Gasteiger charge is 2.48. The summed E-state index contributed by atoms with van der Waals surface area (Å²) in [5, 5.41) is 42.2. The first-order chi connectivity index (χ1) is 22.3. The van der Waals surface area contributed by atoms with Crippen molar-refractivity contribution in [2.75, 3.05) is 13.1 Å². The Morgan fingerprint density at radius 1 is 0.896 bits per heavy atom. The van der Waals surface area contributed by atoms with Crippen molar-refractivity contribution in [3.63, 3.8) is 0 Å².